The van der Waals surface area contributed by atoms with Gasteiger partial charge < -0.3 is 15.0 Å². The molecule has 1 heterocycles. The molecule has 3 aromatic rings. The zero-order chi connectivity index (χ0) is 29.5. The molecule has 1 atom stereocenters. The van der Waals surface area contributed by atoms with Crippen LogP contribution in [-0.4, -0.2) is 59.8 Å². The van der Waals surface area contributed by atoms with Gasteiger partial charge in [-0.15, -0.1) is 11.3 Å². The number of ether oxygens (including phenoxy) is 1. The van der Waals surface area contributed by atoms with Crippen LogP contribution in [0.25, 0.3) is 0 Å². The Morgan fingerprint density at radius 2 is 1.57 bits per heavy atom. The first-order valence-electron chi connectivity index (χ1n) is 13.2. The van der Waals surface area contributed by atoms with E-state index in [1.54, 1.807) is 74.7 Å². The van der Waals surface area contributed by atoms with Crippen LogP contribution in [0.4, 0.5) is 11.4 Å². The van der Waals surface area contributed by atoms with Gasteiger partial charge in [0, 0.05) is 26.2 Å². The van der Waals surface area contributed by atoms with Gasteiger partial charge in [0.25, 0.3) is 5.91 Å². The number of nitrogens with one attached hydrogen (secondary N) is 1. The summed E-state index contributed by atoms with van der Waals surface area (Å²) in [5.74, 6) is -0.0510. The van der Waals surface area contributed by atoms with E-state index in [1.807, 2.05) is 18.7 Å². The molecule has 0 radical (unpaired) electrons. The van der Waals surface area contributed by atoms with E-state index in [0.717, 1.165) is 0 Å². The second-order valence-electron chi connectivity index (χ2n) is 8.97. The number of benzene rings is 2. The first-order valence-corrected chi connectivity index (χ1v) is 17.0. The number of anilines is 2. The van der Waals surface area contributed by atoms with Gasteiger partial charge in [-0.3, -0.25) is 4.79 Å². The Balaban J connectivity index is 1.75. The van der Waals surface area contributed by atoms with Crippen LogP contribution in [0.5, 0.6) is 5.75 Å². The zero-order valence-electron chi connectivity index (χ0n) is 23.5. The lowest BCUT2D eigenvalue weighted by Gasteiger charge is -2.26. The second kappa shape index (κ2) is 13.6. The Morgan fingerprint density at radius 1 is 0.925 bits per heavy atom. The molecule has 0 bridgehead atoms. The highest BCUT2D eigenvalue weighted by molar-refractivity contribution is 7.93. The van der Waals surface area contributed by atoms with Crippen LogP contribution in [0.1, 0.15) is 45.4 Å². The summed E-state index contributed by atoms with van der Waals surface area (Å²) in [5, 5.41) is 3.81. The van der Waals surface area contributed by atoms with Gasteiger partial charge in [0.1, 0.15) is 9.96 Å². The first-order chi connectivity index (χ1) is 19.0. The summed E-state index contributed by atoms with van der Waals surface area (Å²) >= 11 is 1.18. The molecule has 1 amide bonds. The smallest absolute Gasteiger partial charge is 0.262 e. The lowest BCUT2D eigenvalue weighted by molar-refractivity contribution is -0.118. The molecule has 0 spiro atoms. The van der Waals surface area contributed by atoms with E-state index < -0.39 is 31.0 Å². The number of hydrogen-bond donors (Lipinski definition) is 1. The van der Waals surface area contributed by atoms with Gasteiger partial charge in [-0.1, -0.05) is 32.0 Å². The Bertz CT molecular complexity index is 1480. The zero-order valence-corrected chi connectivity index (χ0v) is 25.9. The molecule has 3 rings (SSSR count). The molecule has 0 fully saturated rings. The van der Waals surface area contributed by atoms with Gasteiger partial charge in [0.2, 0.25) is 10.0 Å². The fourth-order valence-electron chi connectivity index (χ4n) is 4.28. The van der Waals surface area contributed by atoms with E-state index in [1.165, 1.54) is 21.7 Å². The van der Waals surface area contributed by atoms with Gasteiger partial charge in [-0.2, -0.15) is 4.31 Å². The summed E-state index contributed by atoms with van der Waals surface area (Å²) < 4.78 is 59.2. The van der Waals surface area contributed by atoms with Crippen molar-refractivity contribution in [2.24, 2.45) is 0 Å². The third-order valence-corrected chi connectivity index (χ3v) is 12.2. The molecule has 0 saturated heterocycles. The molecule has 0 saturated carbocycles. The number of amides is 1. The lowest BCUT2D eigenvalue weighted by atomic mass is 10.1. The third kappa shape index (κ3) is 7.03. The van der Waals surface area contributed by atoms with Crippen molar-refractivity contribution in [2.45, 2.75) is 49.0 Å². The second-order valence-corrected chi connectivity index (χ2v) is 14.3. The summed E-state index contributed by atoms with van der Waals surface area (Å²) in [6.07, 6.45) is 0. The summed E-state index contributed by atoms with van der Waals surface area (Å²) in [6, 6.07) is 14.7. The first kappa shape index (κ1) is 31.6. The highest BCUT2D eigenvalue weighted by Gasteiger charge is 2.26. The van der Waals surface area contributed by atoms with Crippen molar-refractivity contribution in [2.75, 3.05) is 43.0 Å². The van der Waals surface area contributed by atoms with Crippen molar-refractivity contribution in [3.63, 3.8) is 0 Å². The summed E-state index contributed by atoms with van der Waals surface area (Å²) in [7, 11) is -7.21. The van der Waals surface area contributed by atoms with Gasteiger partial charge in [-0.25, -0.2) is 16.8 Å². The molecule has 0 aliphatic heterocycles. The molecule has 1 N–H and O–H groups in total. The monoisotopic (exact) mass is 607 g/mol. The maximum Gasteiger partial charge on any atom is 0.262 e. The standard InChI is InChI=1S/C28H37N3O6S3/c1-6-30(7-2)26-17-16-24(40(35,36)31(8-3)9-4)19-25(26)29-27(32)20-37-23-14-12-22(13-15-23)21(5)39(33,34)28-11-10-18-38-28/h10-19,21H,6-9,20H2,1-5H3,(H,29,32). The van der Waals surface area contributed by atoms with Crippen molar-refractivity contribution >= 4 is 48.5 Å². The van der Waals surface area contributed by atoms with E-state index in [-0.39, 0.29) is 11.5 Å². The molecule has 1 aromatic heterocycles. The third-order valence-electron chi connectivity index (χ3n) is 6.65. The SMILES string of the molecule is CCN(CC)c1ccc(S(=O)(=O)N(CC)CC)cc1NC(=O)COc1ccc(C(C)S(=O)(=O)c2cccs2)cc1. The summed E-state index contributed by atoms with van der Waals surface area (Å²) in [5.41, 5.74) is 1.70. The van der Waals surface area contributed by atoms with E-state index in [9.17, 15) is 21.6 Å². The van der Waals surface area contributed by atoms with Crippen LogP contribution in [-0.2, 0) is 24.7 Å². The van der Waals surface area contributed by atoms with Gasteiger partial charge >= 0.3 is 0 Å². The summed E-state index contributed by atoms with van der Waals surface area (Å²) in [6.45, 7) is 10.9. The molecule has 9 nitrogen and oxygen atoms in total. The van der Waals surface area contributed by atoms with Crippen molar-refractivity contribution in [1.82, 2.24) is 4.31 Å². The molecule has 218 valence electrons. The molecular weight excluding hydrogens is 571 g/mol. The van der Waals surface area contributed by atoms with E-state index in [4.69, 9.17) is 4.74 Å². The predicted octanol–water partition coefficient (Wildman–Crippen LogP) is 5.18. The fraction of sp³-hybridized carbons (Fsp3) is 0.393. The van der Waals surface area contributed by atoms with E-state index >= 15 is 0 Å². The van der Waals surface area contributed by atoms with Crippen LogP contribution in [0, 0.1) is 0 Å². The number of sulfone groups is 1. The molecule has 0 aliphatic carbocycles. The average Bonchev–Trinajstić information content (AvgIpc) is 3.50. The van der Waals surface area contributed by atoms with Gasteiger partial charge in [0.05, 0.1) is 21.5 Å². The van der Waals surface area contributed by atoms with Crippen LogP contribution >= 0.6 is 11.3 Å². The number of hydrogen-bond acceptors (Lipinski definition) is 8. The molecule has 12 heteroatoms. The average molecular weight is 608 g/mol. The van der Waals surface area contributed by atoms with E-state index in [0.29, 0.717) is 53.1 Å². The number of rotatable bonds is 14. The minimum Gasteiger partial charge on any atom is -0.484 e. The highest BCUT2D eigenvalue weighted by atomic mass is 32.2. The Morgan fingerprint density at radius 3 is 2.12 bits per heavy atom. The number of carbonyl (C=O) groups is 1. The van der Waals surface area contributed by atoms with Crippen LogP contribution in [0.2, 0.25) is 0 Å². The Labute approximate surface area is 241 Å². The van der Waals surface area contributed by atoms with Crippen LogP contribution < -0.4 is 15.0 Å². The van der Waals surface area contributed by atoms with Crippen molar-refractivity contribution in [1.29, 1.82) is 0 Å². The predicted molar refractivity (Wildman–Crippen MR) is 161 cm³/mol. The van der Waals surface area contributed by atoms with Crippen molar-refractivity contribution < 1.29 is 26.4 Å². The van der Waals surface area contributed by atoms with Crippen LogP contribution in [0.15, 0.2) is 69.1 Å². The van der Waals surface area contributed by atoms with Gasteiger partial charge in [-0.05, 0) is 68.1 Å². The van der Waals surface area contributed by atoms with Crippen molar-refractivity contribution in [3.05, 3.63) is 65.5 Å². The minimum atomic E-state index is -3.72. The Hall–Kier alpha value is -2.93. The van der Waals surface area contributed by atoms with Gasteiger partial charge in [0.15, 0.2) is 16.4 Å². The minimum absolute atomic E-state index is 0.102. The molecule has 1 unspecified atom stereocenters. The quantitative estimate of drug-likeness (QED) is 0.269. The number of nitrogens with zero attached hydrogens (tertiary/aromatic N) is 2. The molecular formula is C28H37N3O6S3. The molecule has 40 heavy (non-hydrogen) atoms. The summed E-state index contributed by atoms with van der Waals surface area (Å²) in [4.78, 5) is 15.0. The van der Waals surface area contributed by atoms with Crippen molar-refractivity contribution in [3.8, 4) is 5.75 Å². The fourth-order valence-corrected chi connectivity index (χ4v) is 8.48. The largest absolute Gasteiger partial charge is 0.484 e. The topological polar surface area (TPSA) is 113 Å². The van der Waals surface area contributed by atoms with Crippen LogP contribution in [0.3, 0.4) is 0 Å². The maximum atomic E-state index is 13.1. The number of thiophene rings is 1. The molecule has 2 aromatic carbocycles. The maximum absolute atomic E-state index is 13.1. The Kier molecular flexibility index (Phi) is 10.8. The number of sulfonamides is 1. The number of carbonyl (C=O) groups excluding carboxylic acids is 1. The highest BCUT2D eigenvalue weighted by Crippen LogP contribution is 2.32. The van der Waals surface area contributed by atoms with E-state index in [2.05, 4.69) is 5.32 Å². The lowest BCUT2D eigenvalue weighted by Crippen LogP contribution is -2.31. The normalized spacial score (nSPS) is 12.8. The molecule has 0 aliphatic rings.